The van der Waals surface area contributed by atoms with Crippen molar-refractivity contribution in [3.8, 4) is 11.3 Å². The Balaban J connectivity index is 1.34. The van der Waals surface area contributed by atoms with Crippen LogP contribution >= 0.6 is 0 Å². The van der Waals surface area contributed by atoms with Crippen LogP contribution in [0.15, 0.2) is 121 Å². The van der Waals surface area contributed by atoms with Gasteiger partial charge >= 0.3 is 0 Å². The highest BCUT2D eigenvalue weighted by molar-refractivity contribution is 5.79. The third-order valence-corrected chi connectivity index (χ3v) is 7.04. The smallest absolute Gasteiger partial charge is 0.148 e. The second-order valence-electron chi connectivity index (χ2n) is 9.67. The molecule has 0 saturated heterocycles. The maximum absolute atomic E-state index is 13.7. The molecule has 0 saturated carbocycles. The number of nitrogens with zero attached hydrogens (tertiary/aromatic N) is 2. The quantitative estimate of drug-likeness (QED) is 0.181. The van der Waals surface area contributed by atoms with Gasteiger partial charge in [0.2, 0.25) is 0 Å². The summed E-state index contributed by atoms with van der Waals surface area (Å²) in [6.07, 6.45) is 2.27. The van der Waals surface area contributed by atoms with Crippen LogP contribution in [0, 0.1) is 11.6 Å². The molecule has 40 heavy (non-hydrogen) atoms. The average molecular weight is 535 g/mol. The number of hydrogen-bond donors (Lipinski definition) is 2. The number of benzene rings is 4. The second kappa shape index (κ2) is 13.0. The summed E-state index contributed by atoms with van der Waals surface area (Å²) in [5.74, 6) is 0.210. The summed E-state index contributed by atoms with van der Waals surface area (Å²) in [6, 6.07) is 35.8. The number of aromatic amines is 1. The summed E-state index contributed by atoms with van der Waals surface area (Å²) in [7, 11) is 0. The van der Waals surface area contributed by atoms with Crippen LogP contribution in [0.25, 0.3) is 16.8 Å². The van der Waals surface area contributed by atoms with Crippen molar-refractivity contribution >= 4 is 11.4 Å². The van der Waals surface area contributed by atoms with Gasteiger partial charge in [-0.3, -0.25) is 10.00 Å². The maximum Gasteiger partial charge on any atom is 0.148 e. The van der Waals surface area contributed by atoms with Gasteiger partial charge in [0.1, 0.15) is 17.5 Å². The molecule has 2 N–H and O–H groups in total. The van der Waals surface area contributed by atoms with E-state index < -0.39 is 0 Å². The monoisotopic (exact) mass is 534 g/mol. The molecule has 4 aromatic carbocycles. The minimum atomic E-state index is -0.270. The molecule has 0 spiro atoms. The zero-order valence-electron chi connectivity index (χ0n) is 22.4. The van der Waals surface area contributed by atoms with Gasteiger partial charge in [0, 0.05) is 31.7 Å². The lowest BCUT2D eigenvalue weighted by atomic mass is 9.97. The van der Waals surface area contributed by atoms with Crippen molar-refractivity contribution in [3.05, 3.63) is 150 Å². The lowest BCUT2D eigenvalue weighted by Crippen LogP contribution is -2.32. The Bertz CT molecular complexity index is 1470. The molecule has 0 fully saturated rings. The minimum absolute atomic E-state index is 0.0559. The fourth-order valence-electron chi connectivity index (χ4n) is 4.76. The molecular formula is C34H32F2N4. The van der Waals surface area contributed by atoms with Crippen molar-refractivity contribution in [1.29, 1.82) is 0 Å². The van der Waals surface area contributed by atoms with E-state index in [0.29, 0.717) is 13.1 Å². The molecule has 0 bridgehead atoms. The Morgan fingerprint density at radius 3 is 2.00 bits per heavy atom. The Morgan fingerprint density at radius 2 is 1.40 bits per heavy atom. The van der Waals surface area contributed by atoms with Crippen molar-refractivity contribution in [2.24, 2.45) is 0 Å². The van der Waals surface area contributed by atoms with Gasteiger partial charge < -0.3 is 5.32 Å². The lowest BCUT2D eigenvalue weighted by molar-refractivity contribution is 0.243. The highest BCUT2D eigenvalue weighted by atomic mass is 19.1. The van der Waals surface area contributed by atoms with Gasteiger partial charge in [0.05, 0.1) is 5.69 Å². The average Bonchev–Trinajstić information content (AvgIpc) is 3.47. The summed E-state index contributed by atoms with van der Waals surface area (Å²) >= 11 is 0. The highest BCUT2D eigenvalue weighted by Gasteiger charge is 2.16. The molecule has 6 heteroatoms. The van der Waals surface area contributed by atoms with E-state index >= 15 is 0 Å². The molecule has 1 heterocycles. The predicted molar refractivity (Wildman–Crippen MR) is 159 cm³/mol. The molecule has 0 aliphatic carbocycles. The van der Waals surface area contributed by atoms with Crippen LogP contribution in [0.5, 0.6) is 0 Å². The number of halogens is 2. The summed E-state index contributed by atoms with van der Waals surface area (Å²) < 4.78 is 27.0. The topological polar surface area (TPSA) is 44.0 Å². The number of nitrogens with one attached hydrogen (secondary N) is 2. The third kappa shape index (κ3) is 6.90. The van der Waals surface area contributed by atoms with Crippen LogP contribution in [0.4, 0.5) is 14.6 Å². The molecule has 1 aromatic heterocycles. The summed E-state index contributed by atoms with van der Waals surface area (Å²) in [6.45, 7) is 4.22. The van der Waals surface area contributed by atoms with Gasteiger partial charge in [-0.1, -0.05) is 78.9 Å². The largest absolute Gasteiger partial charge is 0.367 e. The molecule has 5 rings (SSSR count). The van der Waals surface area contributed by atoms with E-state index in [-0.39, 0.29) is 17.7 Å². The first kappa shape index (κ1) is 27.0. The first-order valence-corrected chi connectivity index (χ1v) is 13.4. The van der Waals surface area contributed by atoms with E-state index in [1.807, 2.05) is 30.3 Å². The molecule has 0 amide bonds. The molecule has 0 aliphatic rings. The minimum Gasteiger partial charge on any atom is -0.367 e. The Hall–Kier alpha value is -4.55. The number of anilines is 1. The van der Waals surface area contributed by atoms with Gasteiger partial charge in [-0.05, 0) is 71.1 Å². The van der Waals surface area contributed by atoms with Crippen LogP contribution < -0.4 is 5.32 Å². The first-order valence-electron chi connectivity index (χ1n) is 13.4. The molecule has 202 valence electrons. The molecule has 5 aromatic rings. The summed E-state index contributed by atoms with van der Waals surface area (Å²) in [5, 5.41) is 10.8. The molecular weight excluding hydrogens is 502 g/mol. The fourth-order valence-corrected chi connectivity index (χ4v) is 4.76. The van der Waals surface area contributed by atoms with Crippen LogP contribution in [-0.2, 0) is 0 Å². The van der Waals surface area contributed by atoms with Crippen LogP contribution in [0.3, 0.4) is 0 Å². The number of hydrogen-bond acceptors (Lipinski definition) is 3. The number of H-pyrrole nitrogens is 1. The van der Waals surface area contributed by atoms with Gasteiger partial charge in [-0.2, -0.15) is 5.10 Å². The van der Waals surface area contributed by atoms with Crippen molar-refractivity contribution in [2.75, 3.05) is 25.0 Å². The van der Waals surface area contributed by atoms with Crippen LogP contribution in [0.2, 0.25) is 0 Å². The van der Waals surface area contributed by atoms with Crippen molar-refractivity contribution < 1.29 is 8.78 Å². The fraction of sp³-hybridized carbons (Fsp3) is 0.147. The Labute approximate surface area is 234 Å². The molecule has 0 radical (unpaired) electrons. The highest BCUT2D eigenvalue weighted by Crippen LogP contribution is 2.26. The summed E-state index contributed by atoms with van der Waals surface area (Å²) in [4.78, 5) is 2.36. The van der Waals surface area contributed by atoms with E-state index in [0.717, 1.165) is 40.3 Å². The van der Waals surface area contributed by atoms with E-state index in [4.69, 9.17) is 0 Å². The SMILES string of the molecule is C[C@H](c1ccc(F)cc1)N(CC=C(c1ccccc1)c1ccccc1)CCNc1cc(-c2ccc(F)cc2)[nH]n1. The van der Waals surface area contributed by atoms with Crippen LogP contribution in [0.1, 0.15) is 29.7 Å². The molecule has 4 nitrogen and oxygen atoms in total. The molecule has 0 unspecified atom stereocenters. The second-order valence-corrected chi connectivity index (χ2v) is 9.67. The predicted octanol–water partition coefficient (Wildman–Crippen LogP) is 7.96. The zero-order chi connectivity index (χ0) is 27.7. The maximum atomic E-state index is 13.7. The van der Waals surface area contributed by atoms with E-state index in [9.17, 15) is 8.78 Å². The summed E-state index contributed by atoms with van der Waals surface area (Å²) in [5.41, 5.74) is 6.22. The van der Waals surface area contributed by atoms with Gasteiger partial charge in [-0.15, -0.1) is 0 Å². The molecule has 1 atom stereocenters. The number of rotatable bonds is 11. The first-order chi connectivity index (χ1) is 19.6. The van der Waals surface area contributed by atoms with Crippen molar-refractivity contribution in [2.45, 2.75) is 13.0 Å². The van der Waals surface area contributed by atoms with Gasteiger partial charge in [0.15, 0.2) is 0 Å². The van der Waals surface area contributed by atoms with Crippen molar-refractivity contribution in [1.82, 2.24) is 15.1 Å². The van der Waals surface area contributed by atoms with E-state index in [2.05, 4.69) is 81.9 Å². The van der Waals surface area contributed by atoms with Crippen LogP contribution in [-0.4, -0.2) is 34.7 Å². The van der Waals surface area contributed by atoms with E-state index in [1.165, 1.54) is 29.8 Å². The lowest BCUT2D eigenvalue weighted by Gasteiger charge is -2.29. The molecule has 0 aliphatic heterocycles. The third-order valence-electron chi connectivity index (χ3n) is 7.04. The zero-order valence-corrected chi connectivity index (χ0v) is 22.4. The number of aromatic nitrogens is 2. The Morgan fingerprint density at radius 1 is 0.825 bits per heavy atom. The Kier molecular flexibility index (Phi) is 8.79. The standard InChI is InChI=1S/C34H32F2N4/c1-25(26-12-16-30(35)17-13-26)40(22-20-32(27-8-4-2-5-9-27)28-10-6-3-7-11-28)23-21-37-34-24-33(38-39-34)29-14-18-31(36)19-15-29/h2-20,24-25H,21-23H2,1H3,(H2,37,38,39)/t25-/m1/s1. The van der Waals surface area contributed by atoms with Gasteiger partial charge in [0.25, 0.3) is 0 Å². The van der Waals surface area contributed by atoms with Crippen molar-refractivity contribution in [3.63, 3.8) is 0 Å². The van der Waals surface area contributed by atoms with Gasteiger partial charge in [-0.25, -0.2) is 8.78 Å². The normalized spacial score (nSPS) is 11.8. The van der Waals surface area contributed by atoms with E-state index in [1.54, 1.807) is 12.1 Å².